The SMILES string of the molecule is COc1ccc(N2C(=O)CC(N(Cc3ccccc3)C(C)=O)C2=O)cc1. The van der Waals surface area contributed by atoms with E-state index >= 15 is 0 Å². The predicted octanol–water partition coefficient (Wildman–Crippen LogP) is 2.38. The average molecular weight is 352 g/mol. The van der Waals surface area contributed by atoms with Crippen LogP contribution in [0.2, 0.25) is 0 Å². The van der Waals surface area contributed by atoms with Crippen LogP contribution in [0, 0.1) is 0 Å². The lowest BCUT2D eigenvalue weighted by molar-refractivity contribution is -0.137. The largest absolute Gasteiger partial charge is 0.497 e. The second kappa shape index (κ2) is 7.39. The molecule has 2 aromatic carbocycles. The molecular formula is C20H20N2O4. The van der Waals surface area contributed by atoms with Gasteiger partial charge < -0.3 is 9.64 Å². The molecule has 0 spiro atoms. The van der Waals surface area contributed by atoms with Crippen molar-refractivity contribution in [3.63, 3.8) is 0 Å². The topological polar surface area (TPSA) is 66.9 Å². The highest BCUT2D eigenvalue weighted by Crippen LogP contribution is 2.28. The molecule has 0 aliphatic carbocycles. The number of hydrogen-bond acceptors (Lipinski definition) is 4. The fourth-order valence-corrected chi connectivity index (χ4v) is 3.08. The van der Waals surface area contributed by atoms with E-state index in [1.165, 1.54) is 11.8 Å². The second-order valence-corrected chi connectivity index (χ2v) is 6.12. The molecule has 26 heavy (non-hydrogen) atoms. The first-order valence-electron chi connectivity index (χ1n) is 8.33. The zero-order valence-electron chi connectivity index (χ0n) is 14.7. The summed E-state index contributed by atoms with van der Waals surface area (Å²) in [5.74, 6) is -0.300. The molecule has 1 aliphatic rings. The van der Waals surface area contributed by atoms with Crippen molar-refractivity contribution in [3.05, 3.63) is 60.2 Å². The Bertz CT molecular complexity index is 817. The molecule has 3 rings (SSSR count). The Hall–Kier alpha value is -3.15. The van der Waals surface area contributed by atoms with E-state index in [1.54, 1.807) is 31.4 Å². The van der Waals surface area contributed by atoms with Gasteiger partial charge in [0.15, 0.2) is 0 Å². The van der Waals surface area contributed by atoms with Crippen LogP contribution in [-0.4, -0.2) is 35.8 Å². The van der Waals surface area contributed by atoms with E-state index in [9.17, 15) is 14.4 Å². The van der Waals surface area contributed by atoms with Gasteiger partial charge in [-0.1, -0.05) is 30.3 Å². The fraction of sp³-hybridized carbons (Fsp3) is 0.250. The molecule has 1 saturated heterocycles. The van der Waals surface area contributed by atoms with Crippen LogP contribution in [0.15, 0.2) is 54.6 Å². The third-order valence-electron chi connectivity index (χ3n) is 4.43. The van der Waals surface area contributed by atoms with E-state index in [1.807, 2.05) is 30.3 Å². The van der Waals surface area contributed by atoms with Gasteiger partial charge in [0.2, 0.25) is 11.8 Å². The Morgan fingerprint density at radius 1 is 1.12 bits per heavy atom. The lowest BCUT2D eigenvalue weighted by Crippen LogP contribution is -2.44. The highest BCUT2D eigenvalue weighted by molar-refractivity contribution is 6.23. The zero-order valence-corrected chi connectivity index (χ0v) is 14.7. The van der Waals surface area contributed by atoms with E-state index in [-0.39, 0.29) is 30.7 Å². The van der Waals surface area contributed by atoms with Crippen molar-refractivity contribution in [1.82, 2.24) is 4.90 Å². The number of carbonyl (C=O) groups excluding carboxylic acids is 3. The molecule has 0 saturated carbocycles. The van der Waals surface area contributed by atoms with Crippen molar-refractivity contribution in [1.29, 1.82) is 0 Å². The van der Waals surface area contributed by atoms with Crippen LogP contribution in [0.5, 0.6) is 5.75 Å². The highest BCUT2D eigenvalue weighted by atomic mass is 16.5. The number of hydrogen-bond donors (Lipinski definition) is 0. The summed E-state index contributed by atoms with van der Waals surface area (Å²) in [6, 6.07) is 15.3. The monoisotopic (exact) mass is 352 g/mol. The van der Waals surface area contributed by atoms with Gasteiger partial charge >= 0.3 is 0 Å². The maximum Gasteiger partial charge on any atom is 0.257 e. The number of methoxy groups -OCH3 is 1. The summed E-state index contributed by atoms with van der Waals surface area (Å²) in [6.45, 7) is 1.70. The van der Waals surface area contributed by atoms with Gasteiger partial charge in [0.1, 0.15) is 11.8 Å². The maximum absolute atomic E-state index is 12.9. The summed E-state index contributed by atoms with van der Waals surface area (Å²) in [5, 5.41) is 0. The highest BCUT2D eigenvalue weighted by Gasteiger charge is 2.43. The van der Waals surface area contributed by atoms with Crippen LogP contribution >= 0.6 is 0 Å². The second-order valence-electron chi connectivity index (χ2n) is 6.12. The molecule has 1 fully saturated rings. The Labute approximate surface area is 152 Å². The number of imide groups is 1. The Morgan fingerprint density at radius 3 is 2.35 bits per heavy atom. The van der Waals surface area contributed by atoms with Crippen LogP contribution < -0.4 is 9.64 Å². The Morgan fingerprint density at radius 2 is 1.77 bits per heavy atom. The van der Waals surface area contributed by atoms with Crippen molar-refractivity contribution in [2.45, 2.75) is 25.9 Å². The molecule has 1 unspecified atom stereocenters. The minimum Gasteiger partial charge on any atom is -0.497 e. The van der Waals surface area contributed by atoms with E-state index in [4.69, 9.17) is 4.74 Å². The first-order chi connectivity index (χ1) is 12.5. The first kappa shape index (κ1) is 17.7. The van der Waals surface area contributed by atoms with Crippen molar-refractivity contribution < 1.29 is 19.1 Å². The molecule has 0 radical (unpaired) electrons. The van der Waals surface area contributed by atoms with Crippen LogP contribution in [-0.2, 0) is 20.9 Å². The van der Waals surface area contributed by atoms with Crippen molar-refractivity contribution in [2.75, 3.05) is 12.0 Å². The van der Waals surface area contributed by atoms with Gasteiger partial charge in [-0.3, -0.25) is 14.4 Å². The molecule has 3 amide bonds. The van der Waals surface area contributed by atoms with Gasteiger partial charge in [-0.25, -0.2) is 4.90 Å². The Balaban J connectivity index is 1.84. The molecule has 0 N–H and O–H groups in total. The third kappa shape index (κ3) is 3.44. The molecule has 6 nitrogen and oxygen atoms in total. The molecule has 1 atom stereocenters. The van der Waals surface area contributed by atoms with Gasteiger partial charge in [0.25, 0.3) is 5.91 Å². The molecule has 1 aliphatic heterocycles. The van der Waals surface area contributed by atoms with Gasteiger partial charge in [-0.2, -0.15) is 0 Å². The van der Waals surface area contributed by atoms with E-state index in [2.05, 4.69) is 0 Å². The van der Waals surface area contributed by atoms with Crippen LogP contribution in [0.4, 0.5) is 5.69 Å². The maximum atomic E-state index is 12.9. The van der Waals surface area contributed by atoms with Gasteiger partial charge in [-0.15, -0.1) is 0 Å². The minimum absolute atomic E-state index is 0.0166. The number of nitrogens with zero attached hydrogens (tertiary/aromatic N) is 2. The van der Waals surface area contributed by atoms with Gasteiger partial charge in [0, 0.05) is 13.5 Å². The summed E-state index contributed by atoms with van der Waals surface area (Å²) in [4.78, 5) is 40.1. The summed E-state index contributed by atoms with van der Waals surface area (Å²) in [5.41, 5.74) is 1.39. The van der Waals surface area contributed by atoms with Crippen molar-refractivity contribution in [2.24, 2.45) is 0 Å². The van der Waals surface area contributed by atoms with Crippen LogP contribution in [0.3, 0.4) is 0 Å². The van der Waals surface area contributed by atoms with E-state index in [0.29, 0.717) is 11.4 Å². The summed E-state index contributed by atoms with van der Waals surface area (Å²) < 4.78 is 5.10. The lowest BCUT2D eigenvalue weighted by atomic mass is 10.1. The fourth-order valence-electron chi connectivity index (χ4n) is 3.08. The van der Waals surface area contributed by atoms with Crippen molar-refractivity contribution in [3.8, 4) is 5.75 Å². The number of anilines is 1. The quantitative estimate of drug-likeness (QED) is 0.775. The lowest BCUT2D eigenvalue weighted by Gasteiger charge is -2.26. The number of amides is 3. The summed E-state index contributed by atoms with van der Waals surface area (Å²) >= 11 is 0. The number of ether oxygens (including phenoxy) is 1. The Kier molecular flexibility index (Phi) is 5.02. The summed E-state index contributed by atoms with van der Waals surface area (Å²) in [7, 11) is 1.55. The number of benzene rings is 2. The first-order valence-corrected chi connectivity index (χ1v) is 8.33. The number of rotatable bonds is 5. The minimum atomic E-state index is -0.790. The van der Waals surface area contributed by atoms with Crippen LogP contribution in [0.25, 0.3) is 0 Å². The van der Waals surface area contributed by atoms with E-state index < -0.39 is 6.04 Å². The normalized spacial score (nSPS) is 16.7. The molecule has 1 heterocycles. The molecule has 0 bridgehead atoms. The van der Waals surface area contributed by atoms with Gasteiger partial charge in [0.05, 0.1) is 19.2 Å². The van der Waals surface area contributed by atoms with Gasteiger partial charge in [-0.05, 0) is 29.8 Å². The third-order valence-corrected chi connectivity index (χ3v) is 4.43. The standard InChI is InChI=1S/C20H20N2O4/c1-14(23)21(13-15-6-4-3-5-7-15)18-12-19(24)22(20(18)25)16-8-10-17(26-2)11-9-16/h3-11,18H,12-13H2,1-2H3. The molecular weight excluding hydrogens is 332 g/mol. The molecule has 0 aromatic heterocycles. The molecule has 2 aromatic rings. The van der Waals surface area contributed by atoms with Crippen LogP contribution in [0.1, 0.15) is 18.9 Å². The smallest absolute Gasteiger partial charge is 0.257 e. The molecule has 134 valence electrons. The van der Waals surface area contributed by atoms with Crippen molar-refractivity contribution >= 4 is 23.4 Å². The zero-order chi connectivity index (χ0) is 18.7. The summed E-state index contributed by atoms with van der Waals surface area (Å²) in [6.07, 6.45) is -0.0166. The average Bonchev–Trinajstić information content (AvgIpc) is 2.94. The van der Waals surface area contributed by atoms with E-state index in [0.717, 1.165) is 10.5 Å². The molecule has 6 heteroatoms. The predicted molar refractivity (Wildman–Crippen MR) is 96.6 cm³/mol. The number of carbonyl (C=O) groups is 3.